The Bertz CT molecular complexity index is 667. The summed E-state index contributed by atoms with van der Waals surface area (Å²) in [7, 11) is 1.42. The quantitative estimate of drug-likeness (QED) is 0.848. The fourth-order valence-electron chi connectivity index (χ4n) is 1.78. The van der Waals surface area contributed by atoms with E-state index < -0.39 is 5.82 Å². The van der Waals surface area contributed by atoms with E-state index >= 15 is 0 Å². The molecular formula is C13H14FN3O2. The van der Waals surface area contributed by atoms with Gasteiger partial charge in [-0.2, -0.15) is 0 Å². The van der Waals surface area contributed by atoms with Crippen LogP contribution in [-0.4, -0.2) is 16.7 Å². The zero-order chi connectivity index (χ0) is 14.0. The lowest BCUT2D eigenvalue weighted by atomic mass is 10.1. The number of aryl methyl sites for hydroxylation is 1. The number of anilines is 1. The Labute approximate surface area is 109 Å². The Morgan fingerprint density at radius 3 is 2.84 bits per heavy atom. The molecule has 0 aliphatic heterocycles. The van der Waals surface area contributed by atoms with Crippen molar-refractivity contribution >= 4 is 5.69 Å². The predicted octanol–water partition coefficient (Wildman–Crippen LogP) is 1.33. The minimum absolute atomic E-state index is 0.110. The van der Waals surface area contributed by atoms with Crippen LogP contribution in [0.15, 0.2) is 29.1 Å². The molecule has 0 radical (unpaired) electrons. The number of halogens is 1. The lowest BCUT2D eigenvalue weighted by Gasteiger charge is -2.12. The normalized spacial score (nSPS) is 10.5. The number of nitrogen functional groups attached to an aromatic ring is 1. The number of rotatable bonds is 3. The first-order valence-electron chi connectivity index (χ1n) is 5.67. The molecule has 0 aliphatic carbocycles. The van der Waals surface area contributed by atoms with Gasteiger partial charge in [0.05, 0.1) is 13.7 Å². The van der Waals surface area contributed by atoms with Gasteiger partial charge in [-0.25, -0.2) is 9.37 Å². The van der Waals surface area contributed by atoms with Crippen LogP contribution >= 0.6 is 0 Å². The van der Waals surface area contributed by atoms with Crippen molar-refractivity contribution in [2.24, 2.45) is 0 Å². The number of nitrogens with two attached hydrogens (primary N) is 1. The first kappa shape index (κ1) is 13.1. The van der Waals surface area contributed by atoms with Crippen LogP contribution in [0.3, 0.4) is 0 Å². The minimum atomic E-state index is -0.406. The third kappa shape index (κ3) is 2.73. The van der Waals surface area contributed by atoms with Gasteiger partial charge >= 0.3 is 0 Å². The number of nitrogens with zero attached hydrogens (tertiary/aromatic N) is 2. The van der Waals surface area contributed by atoms with Gasteiger partial charge in [0.1, 0.15) is 5.82 Å². The van der Waals surface area contributed by atoms with Crippen LogP contribution in [-0.2, 0) is 6.54 Å². The molecule has 19 heavy (non-hydrogen) atoms. The maximum absolute atomic E-state index is 13.2. The van der Waals surface area contributed by atoms with Gasteiger partial charge in [0.2, 0.25) is 0 Å². The molecule has 0 saturated carbocycles. The molecule has 0 unspecified atom stereocenters. The molecule has 0 bridgehead atoms. The summed E-state index contributed by atoms with van der Waals surface area (Å²) in [6, 6.07) is 5.59. The van der Waals surface area contributed by atoms with Crippen molar-refractivity contribution in [2.75, 3.05) is 12.8 Å². The molecule has 0 amide bonds. The first-order chi connectivity index (χ1) is 9.01. The van der Waals surface area contributed by atoms with Crippen molar-refractivity contribution in [1.82, 2.24) is 9.55 Å². The van der Waals surface area contributed by atoms with Gasteiger partial charge < -0.3 is 10.5 Å². The van der Waals surface area contributed by atoms with E-state index in [1.54, 1.807) is 6.92 Å². The number of methoxy groups -OCH3 is 1. The van der Waals surface area contributed by atoms with Crippen LogP contribution in [0.5, 0.6) is 6.01 Å². The molecule has 5 nitrogen and oxygen atoms in total. The molecular weight excluding hydrogens is 249 g/mol. The highest BCUT2D eigenvalue weighted by molar-refractivity contribution is 5.47. The number of benzene rings is 1. The number of ether oxygens (including phenoxy) is 1. The van der Waals surface area contributed by atoms with E-state index in [1.165, 1.54) is 35.9 Å². The summed E-state index contributed by atoms with van der Waals surface area (Å²) in [5.74, 6) is -0.406. The molecule has 2 N–H and O–H groups in total. The van der Waals surface area contributed by atoms with E-state index in [0.29, 0.717) is 16.9 Å². The Morgan fingerprint density at radius 1 is 1.42 bits per heavy atom. The third-order valence-corrected chi connectivity index (χ3v) is 2.72. The topological polar surface area (TPSA) is 70.1 Å². The molecule has 0 fully saturated rings. The van der Waals surface area contributed by atoms with Gasteiger partial charge in [0.15, 0.2) is 0 Å². The molecule has 1 heterocycles. The highest BCUT2D eigenvalue weighted by atomic mass is 19.1. The maximum Gasteiger partial charge on any atom is 0.299 e. The SMILES string of the molecule is COc1nc(C)cc(=O)n1Cc1cc(F)ccc1N. The fourth-order valence-corrected chi connectivity index (χ4v) is 1.78. The number of hydrogen-bond acceptors (Lipinski definition) is 4. The van der Waals surface area contributed by atoms with Crippen LogP contribution in [0.1, 0.15) is 11.3 Å². The molecule has 2 aromatic rings. The van der Waals surface area contributed by atoms with Gasteiger partial charge in [-0.3, -0.25) is 9.36 Å². The van der Waals surface area contributed by atoms with E-state index in [-0.39, 0.29) is 18.1 Å². The molecule has 100 valence electrons. The average molecular weight is 263 g/mol. The van der Waals surface area contributed by atoms with Crippen molar-refractivity contribution in [3.8, 4) is 6.01 Å². The van der Waals surface area contributed by atoms with Crippen LogP contribution in [0.4, 0.5) is 10.1 Å². The molecule has 0 atom stereocenters. The van der Waals surface area contributed by atoms with Crippen LogP contribution in [0, 0.1) is 12.7 Å². The van der Waals surface area contributed by atoms with Crippen LogP contribution in [0.2, 0.25) is 0 Å². The van der Waals surface area contributed by atoms with Gasteiger partial charge in [0.25, 0.3) is 11.6 Å². The van der Waals surface area contributed by atoms with E-state index in [9.17, 15) is 9.18 Å². The van der Waals surface area contributed by atoms with Crippen LogP contribution < -0.4 is 16.0 Å². The summed E-state index contributed by atoms with van der Waals surface area (Å²) in [5, 5.41) is 0. The van der Waals surface area contributed by atoms with Crippen LogP contribution in [0.25, 0.3) is 0 Å². The van der Waals surface area contributed by atoms with Gasteiger partial charge in [0, 0.05) is 17.4 Å². The fraction of sp³-hybridized carbons (Fsp3) is 0.231. The van der Waals surface area contributed by atoms with E-state index in [4.69, 9.17) is 10.5 Å². The zero-order valence-electron chi connectivity index (χ0n) is 10.7. The zero-order valence-corrected chi connectivity index (χ0v) is 10.7. The second-order valence-corrected chi connectivity index (χ2v) is 4.15. The van der Waals surface area contributed by atoms with E-state index in [1.807, 2.05) is 0 Å². The molecule has 1 aromatic carbocycles. The van der Waals surface area contributed by atoms with Gasteiger partial charge in [-0.1, -0.05) is 0 Å². The minimum Gasteiger partial charge on any atom is -0.468 e. The standard InChI is InChI=1S/C13H14FN3O2/c1-8-5-12(18)17(13(16-8)19-2)7-9-6-10(14)3-4-11(9)15/h3-6H,7,15H2,1-2H3. The third-order valence-electron chi connectivity index (χ3n) is 2.72. The summed E-state index contributed by atoms with van der Waals surface area (Å²) >= 11 is 0. The highest BCUT2D eigenvalue weighted by Gasteiger charge is 2.10. The molecule has 0 aliphatic rings. The second-order valence-electron chi connectivity index (χ2n) is 4.15. The first-order valence-corrected chi connectivity index (χ1v) is 5.67. The molecule has 2 rings (SSSR count). The van der Waals surface area contributed by atoms with Gasteiger partial charge in [-0.15, -0.1) is 0 Å². The van der Waals surface area contributed by atoms with Crippen molar-refractivity contribution in [2.45, 2.75) is 13.5 Å². The summed E-state index contributed by atoms with van der Waals surface area (Å²) in [4.78, 5) is 16.0. The second kappa shape index (κ2) is 5.09. The number of hydrogen-bond donors (Lipinski definition) is 1. The van der Waals surface area contributed by atoms with Crippen molar-refractivity contribution in [3.63, 3.8) is 0 Å². The monoisotopic (exact) mass is 263 g/mol. The van der Waals surface area contributed by atoms with E-state index in [2.05, 4.69) is 4.98 Å². The largest absolute Gasteiger partial charge is 0.468 e. The molecule has 6 heteroatoms. The average Bonchev–Trinajstić information content (AvgIpc) is 2.36. The Hall–Kier alpha value is -2.37. The Balaban J connectivity index is 2.49. The highest BCUT2D eigenvalue weighted by Crippen LogP contribution is 2.16. The number of aromatic nitrogens is 2. The van der Waals surface area contributed by atoms with E-state index in [0.717, 1.165) is 0 Å². The molecule has 0 spiro atoms. The summed E-state index contributed by atoms with van der Waals surface area (Å²) in [6.07, 6.45) is 0. The maximum atomic E-state index is 13.2. The summed E-state index contributed by atoms with van der Waals surface area (Å²) in [6.45, 7) is 1.81. The molecule has 0 saturated heterocycles. The smallest absolute Gasteiger partial charge is 0.299 e. The molecule has 1 aromatic heterocycles. The summed E-state index contributed by atoms with van der Waals surface area (Å²) < 4.78 is 19.6. The summed E-state index contributed by atoms with van der Waals surface area (Å²) in [5.41, 5.74) is 6.97. The van der Waals surface area contributed by atoms with Crippen molar-refractivity contribution in [1.29, 1.82) is 0 Å². The predicted molar refractivity (Wildman–Crippen MR) is 69.7 cm³/mol. The van der Waals surface area contributed by atoms with Crippen molar-refractivity contribution in [3.05, 3.63) is 51.7 Å². The lowest BCUT2D eigenvalue weighted by molar-refractivity contribution is 0.350. The Kier molecular flexibility index (Phi) is 3.50. The van der Waals surface area contributed by atoms with Gasteiger partial charge in [-0.05, 0) is 30.7 Å². The lowest BCUT2D eigenvalue weighted by Crippen LogP contribution is -2.23. The van der Waals surface area contributed by atoms with Crippen molar-refractivity contribution < 1.29 is 9.13 Å². The Morgan fingerprint density at radius 2 is 2.16 bits per heavy atom.